The van der Waals surface area contributed by atoms with E-state index in [4.69, 9.17) is 4.42 Å². The maximum atomic E-state index is 13.8. The van der Waals surface area contributed by atoms with E-state index in [9.17, 15) is 4.39 Å². The van der Waals surface area contributed by atoms with E-state index in [2.05, 4.69) is 25.3 Å². The zero-order valence-electron chi connectivity index (χ0n) is 13.6. The first-order valence-corrected chi connectivity index (χ1v) is 7.61. The summed E-state index contributed by atoms with van der Waals surface area (Å²) in [6, 6.07) is 8.29. The van der Waals surface area contributed by atoms with Crippen molar-refractivity contribution in [3.05, 3.63) is 84.4 Å². The summed E-state index contributed by atoms with van der Waals surface area (Å²) in [5.41, 5.74) is 1.64. The highest BCUT2D eigenvalue weighted by atomic mass is 19.1. The average Bonchev–Trinajstić information content (AvgIpc) is 3.18. The van der Waals surface area contributed by atoms with Gasteiger partial charge < -0.3 is 9.73 Å². The van der Waals surface area contributed by atoms with Crippen molar-refractivity contribution < 1.29 is 8.81 Å². The molecule has 0 aliphatic carbocycles. The number of rotatable bonds is 6. The highest BCUT2D eigenvalue weighted by Gasteiger charge is 2.11. The predicted octanol–water partition coefficient (Wildman–Crippen LogP) is 2.85. The van der Waals surface area contributed by atoms with Crippen LogP contribution in [0.4, 0.5) is 4.39 Å². The standard InChI is InChI=1S/C18H16FN5O/c1-20-15(17-21-7-4-8-22-17)11-16(18-23-9-10-25-18)24-12-13-5-2-3-6-14(13)19/h2-11,24H,12H2,1H3/b16-11-,20-15+. The molecular weight excluding hydrogens is 321 g/mol. The second kappa shape index (κ2) is 7.96. The molecule has 126 valence electrons. The predicted molar refractivity (Wildman–Crippen MR) is 92.2 cm³/mol. The van der Waals surface area contributed by atoms with Crippen molar-refractivity contribution >= 4 is 11.4 Å². The Morgan fingerprint density at radius 1 is 1.16 bits per heavy atom. The van der Waals surface area contributed by atoms with Gasteiger partial charge in [-0.1, -0.05) is 18.2 Å². The molecule has 0 amide bonds. The summed E-state index contributed by atoms with van der Waals surface area (Å²) < 4.78 is 19.2. The summed E-state index contributed by atoms with van der Waals surface area (Å²) in [5.74, 6) is 0.563. The highest BCUT2D eigenvalue weighted by molar-refractivity contribution is 6.09. The molecule has 3 rings (SSSR count). The molecule has 0 radical (unpaired) electrons. The van der Waals surface area contributed by atoms with E-state index in [-0.39, 0.29) is 12.4 Å². The van der Waals surface area contributed by atoms with E-state index in [1.165, 1.54) is 18.5 Å². The molecule has 0 fully saturated rings. The van der Waals surface area contributed by atoms with E-state index in [1.54, 1.807) is 49.8 Å². The van der Waals surface area contributed by atoms with Gasteiger partial charge in [-0.05, 0) is 18.2 Å². The number of hydrogen-bond acceptors (Lipinski definition) is 6. The fraction of sp³-hybridized carbons (Fsp3) is 0.111. The van der Waals surface area contributed by atoms with Crippen molar-refractivity contribution in [2.75, 3.05) is 7.05 Å². The number of oxazole rings is 1. The molecule has 0 saturated heterocycles. The fourth-order valence-corrected chi connectivity index (χ4v) is 2.17. The molecule has 0 spiro atoms. The van der Waals surface area contributed by atoms with Crippen LogP contribution >= 0.6 is 0 Å². The van der Waals surface area contributed by atoms with Crippen LogP contribution in [0.2, 0.25) is 0 Å². The Morgan fingerprint density at radius 2 is 1.96 bits per heavy atom. The minimum absolute atomic E-state index is 0.271. The third-order valence-corrected chi connectivity index (χ3v) is 3.41. The summed E-state index contributed by atoms with van der Waals surface area (Å²) in [6.07, 6.45) is 8.01. The maximum Gasteiger partial charge on any atom is 0.242 e. The minimum Gasteiger partial charge on any atom is -0.443 e. The van der Waals surface area contributed by atoms with Crippen LogP contribution in [0.1, 0.15) is 17.3 Å². The number of aromatic nitrogens is 3. The number of halogens is 1. The number of benzene rings is 1. The van der Waals surface area contributed by atoms with E-state index in [0.717, 1.165) is 0 Å². The summed E-state index contributed by atoms with van der Waals surface area (Å²) >= 11 is 0. The molecular formula is C18H16FN5O. The second-order valence-electron chi connectivity index (χ2n) is 5.02. The highest BCUT2D eigenvalue weighted by Crippen LogP contribution is 2.13. The molecule has 0 aliphatic rings. The van der Waals surface area contributed by atoms with Crippen LogP contribution in [0.15, 0.2) is 70.7 Å². The van der Waals surface area contributed by atoms with Gasteiger partial charge in [0.2, 0.25) is 5.89 Å². The number of hydrogen-bond donors (Lipinski definition) is 1. The van der Waals surface area contributed by atoms with Crippen LogP contribution in [-0.4, -0.2) is 27.7 Å². The topological polar surface area (TPSA) is 76.2 Å². The number of nitrogens with zero attached hydrogens (tertiary/aromatic N) is 4. The smallest absolute Gasteiger partial charge is 0.242 e. The van der Waals surface area contributed by atoms with E-state index in [0.29, 0.717) is 28.7 Å². The van der Waals surface area contributed by atoms with E-state index >= 15 is 0 Å². The molecule has 0 bridgehead atoms. The SMILES string of the molecule is C/N=C(\C=C(/NCc1ccccc1F)c1ncco1)c1ncccn1. The van der Waals surface area contributed by atoms with Gasteiger partial charge in [0.05, 0.1) is 6.20 Å². The third kappa shape index (κ3) is 4.14. The van der Waals surface area contributed by atoms with Gasteiger partial charge in [-0.2, -0.15) is 0 Å². The molecule has 1 N–H and O–H groups in total. The molecule has 0 saturated carbocycles. The summed E-state index contributed by atoms with van der Waals surface area (Å²) in [4.78, 5) is 16.7. The Labute approximate surface area is 144 Å². The van der Waals surface area contributed by atoms with Crippen LogP contribution in [0.25, 0.3) is 5.70 Å². The third-order valence-electron chi connectivity index (χ3n) is 3.41. The van der Waals surface area contributed by atoms with E-state index in [1.807, 2.05) is 0 Å². The number of allylic oxidation sites excluding steroid dienone is 1. The van der Waals surface area contributed by atoms with Gasteiger partial charge in [0.25, 0.3) is 0 Å². The fourth-order valence-electron chi connectivity index (χ4n) is 2.17. The largest absolute Gasteiger partial charge is 0.443 e. The molecule has 2 aromatic heterocycles. The van der Waals surface area contributed by atoms with Crippen molar-refractivity contribution in [2.45, 2.75) is 6.54 Å². The lowest BCUT2D eigenvalue weighted by molar-refractivity contribution is 0.534. The van der Waals surface area contributed by atoms with Crippen molar-refractivity contribution in [1.82, 2.24) is 20.3 Å². The van der Waals surface area contributed by atoms with Crippen LogP contribution in [0.5, 0.6) is 0 Å². The number of aliphatic imine (C=N–C) groups is 1. The molecule has 0 unspecified atom stereocenters. The van der Waals surface area contributed by atoms with Crippen LogP contribution in [-0.2, 0) is 6.54 Å². The van der Waals surface area contributed by atoms with Gasteiger partial charge in [0.1, 0.15) is 23.5 Å². The van der Waals surface area contributed by atoms with Gasteiger partial charge >= 0.3 is 0 Å². The molecule has 25 heavy (non-hydrogen) atoms. The normalized spacial score (nSPS) is 12.2. The van der Waals surface area contributed by atoms with Gasteiger partial charge in [-0.25, -0.2) is 19.3 Å². The van der Waals surface area contributed by atoms with Crippen LogP contribution < -0.4 is 5.32 Å². The van der Waals surface area contributed by atoms with Gasteiger partial charge in [-0.3, -0.25) is 4.99 Å². The molecule has 3 aromatic rings. The molecule has 1 aromatic carbocycles. The second-order valence-corrected chi connectivity index (χ2v) is 5.02. The Kier molecular flexibility index (Phi) is 5.26. The maximum absolute atomic E-state index is 13.8. The Balaban J connectivity index is 1.89. The Morgan fingerprint density at radius 3 is 2.64 bits per heavy atom. The first kappa shape index (κ1) is 16.5. The van der Waals surface area contributed by atoms with Gasteiger partial charge in [0.15, 0.2) is 5.82 Å². The monoisotopic (exact) mass is 337 g/mol. The summed E-state index contributed by atoms with van der Waals surface area (Å²) in [5, 5.41) is 3.14. The molecule has 6 nitrogen and oxygen atoms in total. The Bertz CT molecular complexity index is 876. The molecule has 7 heteroatoms. The van der Waals surface area contributed by atoms with Crippen molar-refractivity contribution in [3.8, 4) is 0 Å². The van der Waals surface area contributed by atoms with Crippen LogP contribution in [0.3, 0.4) is 0 Å². The lowest BCUT2D eigenvalue weighted by Crippen LogP contribution is -2.15. The van der Waals surface area contributed by atoms with Crippen molar-refractivity contribution in [1.29, 1.82) is 0 Å². The zero-order chi connectivity index (χ0) is 17.5. The van der Waals surface area contributed by atoms with Gasteiger partial charge in [-0.15, -0.1) is 0 Å². The lowest BCUT2D eigenvalue weighted by Gasteiger charge is -2.09. The minimum atomic E-state index is -0.280. The quantitative estimate of drug-likeness (QED) is 0.700. The molecule has 2 heterocycles. The number of nitrogens with one attached hydrogen (secondary N) is 1. The van der Waals surface area contributed by atoms with Gasteiger partial charge in [0, 0.05) is 31.5 Å². The first-order chi connectivity index (χ1) is 12.3. The van der Waals surface area contributed by atoms with Crippen molar-refractivity contribution in [2.24, 2.45) is 4.99 Å². The first-order valence-electron chi connectivity index (χ1n) is 7.61. The van der Waals surface area contributed by atoms with Crippen molar-refractivity contribution in [3.63, 3.8) is 0 Å². The molecule has 0 aliphatic heterocycles. The average molecular weight is 337 g/mol. The summed E-state index contributed by atoms with van der Waals surface area (Å²) in [7, 11) is 1.65. The summed E-state index contributed by atoms with van der Waals surface area (Å²) in [6.45, 7) is 0.271. The van der Waals surface area contributed by atoms with Crippen LogP contribution in [0, 0.1) is 5.82 Å². The Hall–Kier alpha value is -3.35. The zero-order valence-corrected chi connectivity index (χ0v) is 13.6. The molecule has 0 atom stereocenters. The van der Waals surface area contributed by atoms with E-state index < -0.39 is 0 Å². The lowest BCUT2D eigenvalue weighted by atomic mass is 10.2.